The van der Waals surface area contributed by atoms with E-state index in [1.807, 2.05) is 0 Å². The predicted molar refractivity (Wildman–Crippen MR) is 94.0 cm³/mol. The number of carbonyl (C=O) groups is 2. The summed E-state index contributed by atoms with van der Waals surface area (Å²) in [4.78, 5) is 23.5. The number of hydrogen-bond donors (Lipinski definition) is 4. The Hall–Kier alpha value is -3.13. The lowest BCUT2D eigenvalue weighted by Gasteiger charge is -2.25. The molecule has 3 atom stereocenters. The van der Waals surface area contributed by atoms with Gasteiger partial charge in [-0.2, -0.15) is 0 Å². The Bertz CT molecular complexity index is 823. The first kappa shape index (κ1) is 20.2. The Labute approximate surface area is 154 Å². The van der Waals surface area contributed by atoms with Gasteiger partial charge in [0, 0.05) is 5.92 Å². The molecule has 0 aliphatic rings. The molecule has 5 N–H and O–H groups in total. The molecular formula is C19H20FNO6. The van der Waals surface area contributed by atoms with Gasteiger partial charge in [0.1, 0.15) is 18.0 Å². The zero-order chi connectivity index (χ0) is 20.1. The van der Waals surface area contributed by atoms with Gasteiger partial charge in [-0.1, -0.05) is 6.07 Å². The number of hydrogen-bond acceptors (Lipinski definition) is 6. The highest BCUT2D eigenvalue weighted by Crippen LogP contribution is 2.32. The topological polar surface area (TPSA) is 130 Å². The van der Waals surface area contributed by atoms with E-state index in [0.717, 1.165) is 12.1 Å². The number of carbonyl (C=O) groups excluding carboxylic acids is 1. The molecule has 0 heterocycles. The second kappa shape index (κ2) is 8.50. The second-order valence-corrected chi connectivity index (χ2v) is 6.18. The van der Waals surface area contributed by atoms with Gasteiger partial charge in [-0.3, -0.25) is 4.79 Å². The molecule has 0 saturated heterocycles. The van der Waals surface area contributed by atoms with E-state index < -0.39 is 41.6 Å². The van der Waals surface area contributed by atoms with Crippen molar-refractivity contribution in [2.75, 3.05) is 0 Å². The maximum atomic E-state index is 12.9. The molecule has 0 aliphatic carbocycles. The van der Waals surface area contributed by atoms with E-state index in [9.17, 15) is 29.3 Å². The van der Waals surface area contributed by atoms with Crippen molar-refractivity contribution in [1.29, 1.82) is 0 Å². The zero-order valence-corrected chi connectivity index (χ0v) is 14.5. The highest BCUT2D eigenvalue weighted by molar-refractivity contribution is 5.89. The fourth-order valence-electron chi connectivity index (χ4n) is 2.68. The molecule has 2 rings (SSSR count). The third-order valence-electron chi connectivity index (χ3n) is 4.12. The number of aromatic hydroxyl groups is 2. The van der Waals surface area contributed by atoms with Crippen LogP contribution in [0.1, 0.15) is 35.2 Å². The Kier molecular flexibility index (Phi) is 6.36. The number of nitrogens with two attached hydrogens (primary N) is 1. The van der Waals surface area contributed by atoms with Crippen LogP contribution < -0.4 is 5.73 Å². The van der Waals surface area contributed by atoms with Gasteiger partial charge < -0.3 is 25.8 Å². The standard InChI is InChI=1S/C19H20FNO6/c1-10(27-19(26)11-2-5-13(20)6-3-11)8-14(17(21)18(24)25)12-4-7-15(22)16(23)9-12/h2-7,9-10,14,17,22-23H,8,21H2,1H3,(H,24,25)/t10-,14?,17+/m1/s1. The highest BCUT2D eigenvalue weighted by atomic mass is 19.1. The van der Waals surface area contributed by atoms with Crippen molar-refractivity contribution in [1.82, 2.24) is 0 Å². The molecule has 0 aliphatic heterocycles. The Balaban J connectivity index is 2.16. The lowest BCUT2D eigenvalue weighted by atomic mass is 9.87. The van der Waals surface area contributed by atoms with Crippen molar-refractivity contribution in [3.05, 3.63) is 59.4 Å². The quantitative estimate of drug-likeness (QED) is 0.430. The minimum absolute atomic E-state index is 0.0601. The molecule has 7 nitrogen and oxygen atoms in total. The van der Waals surface area contributed by atoms with Crippen LogP contribution in [0.25, 0.3) is 0 Å². The van der Waals surface area contributed by atoms with Crippen molar-refractivity contribution >= 4 is 11.9 Å². The van der Waals surface area contributed by atoms with E-state index >= 15 is 0 Å². The average molecular weight is 377 g/mol. The molecule has 0 fully saturated rings. The summed E-state index contributed by atoms with van der Waals surface area (Å²) in [6, 6.07) is 7.38. The summed E-state index contributed by atoms with van der Waals surface area (Å²) in [7, 11) is 0. The molecule has 0 aromatic heterocycles. The Morgan fingerprint density at radius 2 is 1.74 bits per heavy atom. The number of phenols is 2. The van der Waals surface area contributed by atoms with Crippen LogP contribution >= 0.6 is 0 Å². The zero-order valence-electron chi connectivity index (χ0n) is 14.5. The number of rotatable bonds is 7. The van der Waals surface area contributed by atoms with Crippen LogP contribution in [-0.2, 0) is 9.53 Å². The highest BCUT2D eigenvalue weighted by Gasteiger charge is 2.29. The molecule has 27 heavy (non-hydrogen) atoms. The van der Waals surface area contributed by atoms with Crippen LogP contribution in [-0.4, -0.2) is 39.4 Å². The van der Waals surface area contributed by atoms with Gasteiger partial charge in [-0.05, 0) is 55.3 Å². The van der Waals surface area contributed by atoms with Crippen molar-refractivity contribution in [3.8, 4) is 11.5 Å². The first-order chi connectivity index (χ1) is 12.7. The smallest absolute Gasteiger partial charge is 0.338 e. The molecule has 0 spiro atoms. The van der Waals surface area contributed by atoms with Crippen molar-refractivity contribution in [2.24, 2.45) is 5.73 Å². The third-order valence-corrected chi connectivity index (χ3v) is 4.12. The summed E-state index contributed by atoms with van der Waals surface area (Å²) >= 11 is 0. The van der Waals surface area contributed by atoms with Crippen LogP contribution in [0.5, 0.6) is 11.5 Å². The molecule has 144 valence electrons. The Morgan fingerprint density at radius 1 is 1.11 bits per heavy atom. The molecule has 0 saturated carbocycles. The summed E-state index contributed by atoms with van der Waals surface area (Å²) in [5, 5.41) is 28.3. The van der Waals surface area contributed by atoms with Crippen molar-refractivity contribution < 1.29 is 34.0 Å². The summed E-state index contributed by atoms with van der Waals surface area (Å²) in [5.41, 5.74) is 6.30. The maximum Gasteiger partial charge on any atom is 0.338 e. The van der Waals surface area contributed by atoms with Gasteiger partial charge in [-0.25, -0.2) is 9.18 Å². The van der Waals surface area contributed by atoms with Crippen LogP contribution in [0, 0.1) is 5.82 Å². The first-order valence-corrected chi connectivity index (χ1v) is 8.16. The number of ether oxygens (including phenoxy) is 1. The molecule has 1 unspecified atom stereocenters. The number of halogens is 1. The minimum Gasteiger partial charge on any atom is -0.504 e. The molecule has 8 heteroatoms. The van der Waals surface area contributed by atoms with Gasteiger partial charge in [-0.15, -0.1) is 0 Å². The van der Waals surface area contributed by atoms with Crippen LogP contribution in [0.4, 0.5) is 4.39 Å². The van der Waals surface area contributed by atoms with E-state index in [-0.39, 0.29) is 17.7 Å². The summed E-state index contributed by atoms with van der Waals surface area (Å²) in [6.45, 7) is 1.57. The maximum absolute atomic E-state index is 12.9. The molecule has 0 radical (unpaired) electrons. The van der Waals surface area contributed by atoms with E-state index in [1.165, 1.54) is 30.3 Å². The minimum atomic E-state index is -1.32. The third kappa shape index (κ3) is 5.18. The normalized spacial score (nSPS) is 14.2. The van der Waals surface area contributed by atoms with E-state index in [4.69, 9.17) is 10.5 Å². The van der Waals surface area contributed by atoms with Gasteiger partial charge in [0.15, 0.2) is 11.5 Å². The molecule has 0 amide bonds. The largest absolute Gasteiger partial charge is 0.504 e. The number of carboxylic acids is 1. The van der Waals surface area contributed by atoms with Crippen LogP contribution in [0.15, 0.2) is 42.5 Å². The number of benzene rings is 2. The van der Waals surface area contributed by atoms with Gasteiger partial charge >= 0.3 is 11.9 Å². The molecule has 2 aromatic carbocycles. The van der Waals surface area contributed by atoms with Gasteiger partial charge in [0.05, 0.1) is 5.56 Å². The van der Waals surface area contributed by atoms with Crippen LogP contribution in [0.3, 0.4) is 0 Å². The summed E-state index contributed by atoms with van der Waals surface area (Å²) in [5.74, 6) is -3.98. The number of phenolic OH excluding ortho intramolecular Hbond substituents is 2. The lowest BCUT2D eigenvalue weighted by molar-refractivity contribution is -0.139. The molecule has 0 bridgehead atoms. The number of aliphatic carboxylic acids is 1. The predicted octanol–water partition coefficient (Wildman–Crippen LogP) is 2.37. The van der Waals surface area contributed by atoms with E-state index in [1.54, 1.807) is 6.92 Å². The first-order valence-electron chi connectivity index (χ1n) is 8.16. The fraction of sp³-hybridized carbons (Fsp3) is 0.263. The second-order valence-electron chi connectivity index (χ2n) is 6.18. The summed E-state index contributed by atoms with van der Waals surface area (Å²) < 4.78 is 18.2. The Morgan fingerprint density at radius 3 is 2.30 bits per heavy atom. The molecule has 2 aromatic rings. The average Bonchev–Trinajstić information content (AvgIpc) is 2.62. The van der Waals surface area contributed by atoms with Gasteiger partial charge in [0.2, 0.25) is 0 Å². The lowest BCUT2D eigenvalue weighted by Crippen LogP contribution is -2.38. The number of esters is 1. The van der Waals surface area contributed by atoms with Crippen molar-refractivity contribution in [2.45, 2.75) is 31.4 Å². The number of carboxylic acid groups (broad SMARTS) is 1. The monoisotopic (exact) mass is 377 g/mol. The summed E-state index contributed by atoms with van der Waals surface area (Å²) in [6.07, 6.45) is -0.654. The SMILES string of the molecule is C[C@H](CC(c1ccc(O)c(O)c1)[C@H](N)C(=O)O)OC(=O)c1ccc(F)cc1. The van der Waals surface area contributed by atoms with Gasteiger partial charge in [0.25, 0.3) is 0 Å². The van der Waals surface area contributed by atoms with E-state index in [0.29, 0.717) is 5.56 Å². The molecular weight excluding hydrogens is 357 g/mol. The van der Waals surface area contributed by atoms with E-state index in [2.05, 4.69) is 0 Å². The fourth-order valence-corrected chi connectivity index (χ4v) is 2.68. The van der Waals surface area contributed by atoms with Crippen molar-refractivity contribution in [3.63, 3.8) is 0 Å². The van der Waals surface area contributed by atoms with Crippen LogP contribution in [0.2, 0.25) is 0 Å².